The topological polar surface area (TPSA) is 0 Å². The summed E-state index contributed by atoms with van der Waals surface area (Å²) in [5.41, 5.74) is 0. The van der Waals surface area contributed by atoms with Gasteiger partial charge in [0.05, 0.1) is 0 Å². The standard InChI is InChI=1S/C16H32F2/c1-3-5-7-9-10-12-14-15(16(17)18)13-11-8-6-4-2/h15-16H,3-14H2,1-2H3. The fraction of sp³-hybridized carbons (Fsp3) is 1.00. The molecule has 0 N–H and O–H groups in total. The van der Waals surface area contributed by atoms with Gasteiger partial charge in [-0.3, -0.25) is 0 Å². The Kier molecular flexibility index (Phi) is 13.2. The predicted molar refractivity (Wildman–Crippen MR) is 76.2 cm³/mol. The lowest BCUT2D eigenvalue weighted by Crippen LogP contribution is -2.11. The van der Waals surface area contributed by atoms with Gasteiger partial charge in [-0.25, -0.2) is 8.78 Å². The molecule has 2 heteroatoms. The van der Waals surface area contributed by atoms with E-state index in [0.717, 1.165) is 38.5 Å². The smallest absolute Gasteiger partial charge is 0.210 e. The van der Waals surface area contributed by atoms with Crippen LogP contribution >= 0.6 is 0 Å². The van der Waals surface area contributed by atoms with Gasteiger partial charge in [0.2, 0.25) is 6.43 Å². The Morgan fingerprint density at radius 3 is 1.44 bits per heavy atom. The highest BCUT2D eigenvalue weighted by Crippen LogP contribution is 2.24. The van der Waals surface area contributed by atoms with Crippen LogP contribution < -0.4 is 0 Å². The molecule has 0 aromatic heterocycles. The van der Waals surface area contributed by atoms with Crippen LogP contribution in [0.5, 0.6) is 0 Å². The molecule has 0 spiro atoms. The van der Waals surface area contributed by atoms with Crippen LogP contribution in [0.1, 0.15) is 90.9 Å². The normalized spacial score (nSPS) is 13.2. The Bertz CT molecular complexity index is 157. The second kappa shape index (κ2) is 13.3. The zero-order chi connectivity index (χ0) is 13.6. The molecular weight excluding hydrogens is 230 g/mol. The lowest BCUT2D eigenvalue weighted by atomic mass is 9.95. The van der Waals surface area contributed by atoms with Gasteiger partial charge in [0.1, 0.15) is 0 Å². The van der Waals surface area contributed by atoms with E-state index >= 15 is 0 Å². The Balaban J connectivity index is 3.51. The molecule has 18 heavy (non-hydrogen) atoms. The van der Waals surface area contributed by atoms with E-state index in [1.807, 2.05) is 0 Å². The van der Waals surface area contributed by atoms with Gasteiger partial charge in [0, 0.05) is 5.92 Å². The van der Waals surface area contributed by atoms with Crippen LogP contribution in [0.2, 0.25) is 0 Å². The average molecular weight is 262 g/mol. The van der Waals surface area contributed by atoms with Crippen LogP contribution in [0.15, 0.2) is 0 Å². The molecule has 110 valence electrons. The maximum Gasteiger partial charge on any atom is 0.241 e. The largest absolute Gasteiger partial charge is 0.241 e. The number of halogens is 2. The summed E-state index contributed by atoms with van der Waals surface area (Å²) in [7, 11) is 0. The molecule has 0 radical (unpaired) electrons. The van der Waals surface area contributed by atoms with E-state index in [1.165, 1.54) is 38.5 Å². The monoisotopic (exact) mass is 262 g/mol. The fourth-order valence-corrected chi connectivity index (χ4v) is 2.42. The van der Waals surface area contributed by atoms with Crippen LogP contribution in [0.25, 0.3) is 0 Å². The van der Waals surface area contributed by atoms with E-state index in [2.05, 4.69) is 13.8 Å². The molecule has 0 amide bonds. The third-order valence-electron chi connectivity index (χ3n) is 3.71. The molecule has 1 atom stereocenters. The van der Waals surface area contributed by atoms with E-state index in [4.69, 9.17) is 0 Å². The lowest BCUT2D eigenvalue weighted by molar-refractivity contribution is 0.0644. The summed E-state index contributed by atoms with van der Waals surface area (Å²) in [5.74, 6) is -0.340. The van der Waals surface area contributed by atoms with Crippen molar-refractivity contribution in [3.63, 3.8) is 0 Å². The van der Waals surface area contributed by atoms with Gasteiger partial charge >= 0.3 is 0 Å². The second-order valence-electron chi connectivity index (χ2n) is 5.50. The first-order chi connectivity index (χ1) is 8.72. The van der Waals surface area contributed by atoms with Gasteiger partial charge in [-0.1, -0.05) is 78.1 Å². The minimum Gasteiger partial charge on any atom is -0.210 e. The number of hydrogen-bond donors (Lipinski definition) is 0. The summed E-state index contributed by atoms with van der Waals surface area (Å²) in [6, 6.07) is 0. The zero-order valence-corrected chi connectivity index (χ0v) is 12.4. The second-order valence-corrected chi connectivity index (χ2v) is 5.50. The van der Waals surface area contributed by atoms with Gasteiger partial charge in [0.15, 0.2) is 0 Å². The Morgan fingerprint density at radius 2 is 1.00 bits per heavy atom. The summed E-state index contributed by atoms with van der Waals surface area (Å²) < 4.78 is 25.7. The molecule has 0 saturated heterocycles. The molecule has 0 fully saturated rings. The van der Waals surface area contributed by atoms with Crippen LogP contribution in [-0.2, 0) is 0 Å². The summed E-state index contributed by atoms with van der Waals surface area (Å²) >= 11 is 0. The lowest BCUT2D eigenvalue weighted by Gasteiger charge is -2.15. The molecule has 0 heterocycles. The van der Waals surface area contributed by atoms with E-state index in [-0.39, 0.29) is 5.92 Å². The molecule has 0 saturated carbocycles. The maximum absolute atomic E-state index is 12.8. The van der Waals surface area contributed by atoms with Crippen molar-refractivity contribution in [3.8, 4) is 0 Å². The molecule has 0 bridgehead atoms. The van der Waals surface area contributed by atoms with Crippen molar-refractivity contribution >= 4 is 0 Å². The van der Waals surface area contributed by atoms with Crippen LogP contribution in [0.4, 0.5) is 8.78 Å². The number of rotatable bonds is 13. The Morgan fingerprint density at radius 1 is 0.611 bits per heavy atom. The third-order valence-corrected chi connectivity index (χ3v) is 3.71. The highest BCUT2D eigenvalue weighted by Gasteiger charge is 2.18. The first-order valence-electron chi connectivity index (χ1n) is 8.00. The molecular formula is C16H32F2. The van der Waals surface area contributed by atoms with Crippen molar-refractivity contribution in [3.05, 3.63) is 0 Å². The number of unbranched alkanes of at least 4 members (excludes halogenated alkanes) is 8. The summed E-state index contributed by atoms with van der Waals surface area (Å²) in [6.07, 6.45) is 11.0. The van der Waals surface area contributed by atoms with E-state index < -0.39 is 6.43 Å². The van der Waals surface area contributed by atoms with Crippen molar-refractivity contribution in [1.82, 2.24) is 0 Å². The third kappa shape index (κ3) is 11.0. The van der Waals surface area contributed by atoms with E-state index in [9.17, 15) is 8.78 Å². The summed E-state index contributed by atoms with van der Waals surface area (Å²) in [6.45, 7) is 4.35. The molecule has 0 aliphatic rings. The van der Waals surface area contributed by atoms with Crippen LogP contribution in [0, 0.1) is 5.92 Å². The number of alkyl halides is 2. The van der Waals surface area contributed by atoms with Gasteiger partial charge in [-0.05, 0) is 12.8 Å². The Hall–Kier alpha value is -0.140. The van der Waals surface area contributed by atoms with Gasteiger partial charge in [-0.15, -0.1) is 0 Å². The van der Waals surface area contributed by atoms with Crippen molar-refractivity contribution in [2.45, 2.75) is 97.3 Å². The Labute approximate surface area is 113 Å². The SMILES string of the molecule is CCCCCCCCC(CCCCCC)C(F)F. The molecule has 0 nitrogen and oxygen atoms in total. The highest BCUT2D eigenvalue weighted by atomic mass is 19.3. The van der Waals surface area contributed by atoms with Crippen molar-refractivity contribution in [2.75, 3.05) is 0 Å². The molecule has 0 aliphatic heterocycles. The van der Waals surface area contributed by atoms with E-state index in [0.29, 0.717) is 0 Å². The quantitative estimate of drug-likeness (QED) is 0.328. The molecule has 0 rings (SSSR count). The number of hydrogen-bond acceptors (Lipinski definition) is 0. The first kappa shape index (κ1) is 17.9. The minimum atomic E-state index is -2.11. The zero-order valence-electron chi connectivity index (χ0n) is 12.4. The van der Waals surface area contributed by atoms with Crippen molar-refractivity contribution in [2.24, 2.45) is 5.92 Å². The minimum absolute atomic E-state index is 0.340. The molecule has 1 unspecified atom stereocenters. The summed E-state index contributed by atoms with van der Waals surface area (Å²) in [4.78, 5) is 0. The van der Waals surface area contributed by atoms with Gasteiger partial charge < -0.3 is 0 Å². The van der Waals surface area contributed by atoms with Crippen molar-refractivity contribution in [1.29, 1.82) is 0 Å². The molecule has 0 aliphatic carbocycles. The van der Waals surface area contributed by atoms with Crippen molar-refractivity contribution < 1.29 is 8.78 Å². The van der Waals surface area contributed by atoms with Gasteiger partial charge in [0.25, 0.3) is 0 Å². The average Bonchev–Trinajstić information content (AvgIpc) is 2.35. The fourth-order valence-electron chi connectivity index (χ4n) is 2.42. The van der Waals surface area contributed by atoms with Gasteiger partial charge in [-0.2, -0.15) is 0 Å². The highest BCUT2D eigenvalue weighted by molar-refractivity contribution is 4.62. The maximum atomic E-state index is 12.8. The molecule has 0 aromatic carbocycles. The first-order valence-corrected chi connectivity index (χ1v) is 8.00. The predicted octanol–water partition coefficient (Wildman–Crippen LogP) is 6.59. The van der Waals surface area contributed by atoms with Crippen LogP contribution in [-0.4, -0.2) is 6.43 Å². The van der Waals surface area contributed by atoms with E-state index in [1.54, 1.807) is 0 Å². The summed E-state index contributed by atoms with van der Waals surface area (Å²) in [5, 5.41) is 0. The molecule has 0 aromatic rings. The van der Waals surface area contributed by atoms with Crippen LogP contribution in [0.3, 0.4) is 0 Å².